The number of morpholine rings is 1. The molecule has 1 aliphatic heterocycles. The quantitative estimate of drug-likeness (QED) is 0.763. The number of hydrogen-bond acceptors (Lipinski definition) is 6. The summed E-state index contributed by atoms with van der Waals surface area (Å²) >= 11 is 0. The van der Waals surface area contributed by atoms with Crippen LogP contribution >= 0.6 is 0 Å². The smallest absolute Gasteiger partial charge is 0.130 e. The molecule has 134 valence electrons. The second kappa shape index (κ2) is 7.63. The molecule has 0 saturated carbocycles. The number of pyridine rings is 2. The summed E-state index contributed by atoms with van der Waals surface area (Å²) in [6.45, 7) is 3.32. The number of hydrogen-bond donors (Lipinski definition) is 1. The lowest BCUT2D eigenvalue weighted by molar-refractivity contribution is -0.0356. The van der Waals surface area contributed by atoms with Crippen molar-refractivity contribution in [3.05, 3.63) is 66.4 Å². The van der Waals surface area contributed by atoms with Crippen molar-refractivity contribution in [3.63, 3.8) is 0 Å². The summed E-state index contributed by atoms with van der Waals surface area (Å²) in [5.74, 6) is 0.804. The minimum atomic E-state index is -0.0131. The summed E-state index contributed by atoms with van der Waals surface area (Å²) in [7, 11) is 1.97. The highest BCUT2D eigenvalue weighted by atomic mass is 16.5. The van der Waals surface area contributed by atoms with Crippen LogP contribution in [0.2, 0.25) is 0 Å². The van der Waals surface area contributed by atoms with Crippen LogP contribution in [0.4, 0.5) is 11.5 Å². The maximum atomic E-state index is 5.94. The molecule has 0 unspecified atom stereocenters. The van der Waals surface area contributed by atoms with Gasteiger partial charge < -0.3 is 10.1 Å². The maximum absolute atomic E-state index is 5.94. The Hall–Kier alpha value is -2.77. The van der Waals surface area contributed by atoms with Crippen molar-refractivity contribution in [1.29, 1.82) is 0 Å². The van der Waals surface area contributed by atoms with Gasteiger partial charge in [-0.1, -0.05) is 6.07 Å². The Balaban J connectivity index is 1.39. The molecular formula is C19H22N6O. The van der Waals surface area contributed by atoms with Gasteiger partial charge in [0.25, 0.3) is 0 Å². The number of rotatable bonds is 5. The molecular weight excluding hydrogens is 328 g/mol. The van der Waals surface area contributed by atoms with Gasteiger partial charge in [0.05, 0.1) is 29.9 Å². The van der Waals surface area contributed by atoms with Crippen LogP contribution in [0.1, 0.15) is 17.5 Å². The van der Waals surface area contributed by atoms with Gasteiger partial charge in [-0.2, -0.15) is 5.10 Å². The van der Waals surface area contributed by atoms with Gasteiger partial charge in [-0.3, -0.25) is 14.6 Å². The minimum absolute atomic E-state index is 0.0131. The molecule has 1 fully saturated rings. The first-order valence-electron chi connectivity index (χ1n) is 8.73. The standard InChI is InChI=1S/C19H22N6O/c1-24-16(7-9-22-24)13-25-10-11-26-18(14-25)17-6-5-15(12-21-17)23-19-4-2-3-8-20-19/h2-9,12,18H,10-11,13-14H2,1H3,(H,20,23)/t18-/m1/s1. The summed E-state index contributed by atoms with van der Waals surface area (Å²) in [6.07, 6.45) is 5.41. The third-order valence-corrected chi connectivity index (χ3v) is 4.51. The summed E-state index contributed by atoms with van der Waals surface area (Å²) in [6, 6.07) is 11.9. The average molecular weight is 350 g/mol. The molecule has 4 rings (SSSR count). The molecule has 3 aromatic rings. The Morgan fingerprint density at radius 1 is 1.15 bits per heavy atom. The highest BCUT2D eigenvalue weighted by molar-refractivity contribution is 5.54. The first-order chi connectivity index (χ1) is 12.8. The Kier molecular flexibility index (Phi) is 4.90. The SMILES string of the molecule is Cn1nccc1CN1CCO[C@@H](c2ccc(Nc3ccccn3)cn2)C1. The summed E-state index contributed by atoms with van der Waals surface area (Å²) in [5.41, 5.74) is 3.06. The number of ether oxygens (including phenoxy) is 1. The number of aryl methyl sites for hydroxylation is 1. The molecule has 0 aliphatic carbocycles. The van der Waals surface area contributed by atoms with Crippen LogP contribution in [0.5, 0.6) is 0 Å². The van der Waals surface area contributed by atoms with Crippen LogP contribution in [-0.2, 0) is 18.3 Å². The third-order valence-electron chi connectivity index (χ3n) is 4.51. The first kappa shape index (κ1) is 16.7. The number of aromatic nitrogens is 4. The summed E-state index contributed by atoms with van der Waals surface area (Å²) < 4.78 is 7.86. The summed E-state index contributed by atoms with van der Waals surface area (Å²) in [5, 5.41) is 7.48. The molecule has 7 heteroatoms. The highest BCUT2D eigenvalue weighted by Crippen LogP contribution is 2.23. The van der Waals surface area contributed by atoms with Crippen molar-refractivity contribution in [2.45, 2.75) is 12.6 Å². The van der Waals surface area contributed by atoms with Crippen LogP contribution in [0.15, 0.2) is 55.0 Å². The van der Waals surface area contributed by atoms with Gasteiger partial charge in [0.2, 0.25) is 0 Å². The lowest BCUT2D eigenvalue weighted by atomic mass is 10.1. The average Bonchev–Trinajstić information content (AvgIpc) is 3.08. The minimum Gasteiger partial charge on any atom is -0.369 e. The molecule has 4 heterocycles. The van der Waals surface area contributed by atoms with Crippen molar-refractivity contribution in [2.75, 3.05) is 25.0 Å². The molecule has 26 heavy (non-hydrogen) atoms. The Bertz CT molecular complexity index is 833. The van der Waals surface area contributed by atoms with Crippen molar-refractivity contribution in [1.82, 2.24) is 24.6 Å². The molecule has 1 aliphatic rings. The second-order valence-corrected chi connectivity index (χ2v) is 6.35. The zero-order valence-corrected chi connectivity index (χ0v) is 14.7. The van der Waals surface area contributed by atoms with Gasteiger partial charge in [-0.15, -0.1) is 0 Å². The van der Waals surface area contributed by atoms with E-state index in [1.165, 1.54) is 5.69 Å². The van der Waals surface area contributed by atoms with Crippen molar-refractivity contribution < 1.29 is 4.74 Å². The van der Waals surface area contributed by atoms with E-state index in [0.717, 1.165) is 36.8 Å². The zero-order chi connectivity index (χ0) is 17.8. The van der Waals surface area contributed by atoms with E-state index < -0.39 is 0 Å². The number of nitrogens with zero attached hydrogens (tertiary/aromatic N) is 5. The Morgan fingerprint density at radius 3 is 2.85 bits per heavy atom. The molecule has 1 saturated heterocycles. The van der Waals surface area contributed by atoms with Gasteiger partial charge in [0.15, 0.2) is 0 Å². The molecule has 0 amide bonds. The predicted octanol–water partition coefficient (Wildman–Crippen LogP) is 2.53. The molecule has 0 aromatic carbocycles. The summed E-state index contributed by atoms with van der Waals surface area (Å²) in [4.78, 5) is 11.2. The fraction of sp³-hybridized carbons (Fsp3) is 0.316. The van der Waals surface area contributed by atoms with E-state index in [2.05, 4.69) is 31.3 Å². The molecule has 1 atom stereocenters. The third kappa shape index (κ3) is 3.89. The fourth-order valence-corrected chi connectivity index (χ4v) is 3.06. The molecule has 3 aromatic heterocycles. The lowest BCUT2D eigenvalue weighted by Crippen LogP contribution is -2.38. The largest absolute Gasteiger partial charge is 0.369 e. The van der Waals surface area contributed by atoms with E-state index >= 15 is 0 Å². The van der Waals surface area contributed by atoms with E-state index in [9.17, 15) is 0 Å². The monoisotopic (exact) mass is 350 g/mol. The fourth-order valence-electron chi connectivity index (χ4n) is 3.06. The molecule has 0 radical (unpaired) electrons. The van der Waals surface area contributed by atoms with E-state index in [-0.39, 0.29) is 6.10 Å². The van der Waals surface area contributed by atoms with E-state index in [0.29, 0.717) is 6.61 Å². The molecule has 0 spiro atoms. The Labute approximate surface area is 152 Å². The van der Waals surface area contributed by atoms with Crippen molar-refractivity contribution >= 4 is 11.5 Å². The normalized spacial score (nSPS) is 18.0. The van der Waals surface area contributed by atoms with E-state index in [4.69, 9.17) is 4.74 Å². The van der Waals surface area contributed by atoms with E-state index in [1.807, 2.05) is 54.5 Å². The van der Waals surface area contributed by atoms with Gasteiger partial charge in [-0.05, 0) is 30.3 Å². The van der Waals surface area contributed by atoms with Crippen LogP contribution in [0.3, 0.4) is 0 Å². The topological polar surface area (TPSA) is 68.1 Å². The highest BCUT2D eigenvalue weighted by Gasteiger charge is 2.23. The van der Waals surface area contributed by atoms with Gasteiger partial charge >= 0.3 is 0 Å². The van der Waals surface area contributed by atoms with Crippen LogP contribution in [0.25, 0.3) is 0 Å². The van der Waals surface area contributed by atoms with Crippen LogP contribution in [-0.4, -0.2) is 44.3 Å². The van der Waals surface area contributed by atoms with Crippen LogP contribution < -0.4 is 5.32 Å². The first-order valence-corrected chi connectivity index (χ1v) is 8.73. The van der Waals surface area contributed by atoms with Gasteiger partial charge in [-0.25, -0.2) is 4.98 Å². The predicted molar refractivity (Wildman–Crippen MR) is 98.9 cm³/mol. The van der Waals surface area contributed by atoms with Crippen molar-refractivity contribution in [2.24, 2.45) is 7.05 Å². The van der Waals surface area contributed by atoms with E-state index in [1.54, 1.807) is 6.20 Å². The second-order valence-electron chi connectivity index (χ2n) is 6.35. The molecule has 0 bridgehead atoms. The number of nitrogens with one attached hydrogen (secondary N) is 1. The number of anilines is 2. The molecule has 7 nitrogen and oxygen atoms in total. The lowest BCUT2D eigenvalue weighted by Gasteiger charge is -2.32. The zero-order valence-electron chi connectivity index (χ0n) is 14.7. The van der Waals surface area contributed by atoms with Gasteiger partial charge in [0.1, 0.15) is 11.9 Å². The van der Waals surface area contributed by atoms with Gasteiger partial charge in [0, 0.05) is 39.1 Å². The maximum Gasteiger partial charge on any atom is 0.130 e. The van der Waals surface area contributed by atoms with Crippen LogP contribution in [0, 0.1) is 0 Å². The Morgan fingerprint density at radius 2 is 2.12 bits per heavy atom. The molecule has 1 N–H and O–H groups in total. The van der Waals surface area contributed by atoms with Crippen molar-refractivity contribution in [3.8, 4) is 0 Å².